The molecule has 3 nitrogen and oxygen atoms in total. The van der Waals surface area contributed by atoms with Crippen LogP contribution in [0.4, 0.5) is 0 Å². The van der Waals surface area contributed by atoms with Crippen LogP contribution in [0.25, 0.3) is 6.08 Å². The second kappa shape index (κ2) is 11.1. The summed E-state index contributed by atoms with van der Waals surface area (Å²) >= 11 is 0. The van der Waals surface area contributed by atoms with Crippen LogP contribution >= 0.6 is 0 Å². The molecule has 0 saturated carbocycles. The van der Waals surface area contributed by atoms with Gasteiger partial charge in [0.2, 0.25) is 0 Å². The SMILES string of the molecule is CCCCCCCCOCc1ccccc1C=CC(=O)O. The standard InChI is InChI=1S/C18H26O3/c1-2-3-4-5-6-9-14-21-15-17-11-8-7-10-16(17)12-13-18(19)20/h7-8,10-13H,2-6,9,14-15H2,1H3,(H,19,20). The van der Waals surface area contributed by atoms with Gasteiger partial charge in [0, 0.05) is 12.7 Å². The van der Waals surface area contributed by atoms with Crippen molar-refractivity contribution in [3.8, 4) is 0 Å². The summed E-state index contributed by atoms with van der Waals surface area (Å²) in [7, 11) is 0. The lowest BCUT2D eigenvalue weighted by Crippen LogP contribution is -1.98. The molecule has 0 amide bonds. The number of carboxylic acid groups (broad SMARTS) is 1. The number of unbranched alkanes of at least 4 members (excludes halogenated alkanes) is 5. The highest BCUT2D eigenvalue weighted by Crippen LogP contribution is 2.13. The van der Waals surface area contributed by atoms with Crippen LogP contribution in [0.15, 0.2) is 30.3 Å². The molecule has 0 atom stereocenters. The van der Waals surface area contributed by atoms with E-state index in [9.17, 15) is 4.79 Å². The first kappa shape index (κ1) is 17.4. The predicted molar refractivity (Wildman–Crippen MR) is 86.1 cm³/mol. The fraction of sp³-hybridized carbons (Fsp3) is 0.500. The number of rotatable bonds is 11. The van der Waals surface area contributed by atoms with Crippen molar-refractivity contribution in [3.63, 3.8) is 0 Å². The van der Waals surface area contributed by atoms with E-state index in [1.165, 1.54) is 32.1 Å². The molecule has 0 aliphatic rings. The number of benzene rings is 1. The third-order valence-electron chi connectivity index (χ3n) is 3.36. The molecule has 0 bridgehead atoms. The molecule has 0 aliphatic carbocycles. The van der Waals surface area contributed by atoms with E-state index in [4.69, 9.17) is 9.84 Å². The van der Waals surface area contributed by atoms with Gasteiger partial charge in [0.15, 0.2) is 0 Å². The Hall–Kier alpha value is -1.61. The molecule has 116 valence electrons. The Morgan fingerprint density at radius 1 is 1.14 bits per heavy atom. The van der Waals surface area contributed by atoms with Gasteiger partial charge in [-0.15, -0.1) is 0 Å². The number of hydrogen-bond acceptors (Lipinski definition) is 2. The summed E-state index contributed by atoms with van der Waals surface area (Å²) in [6.07, 6.45) is 10.3. The first-order chi connectivity index (χ1) is 10.2. The fourth-order valence-corrected chi connectivity index (χ4v) is 2.16. The highest BCUT2D eigenvalue weighted by atomic mass is 16.5. The maximum absolute atomic E-state index is 10.6. The molecule has 3 heteroatoms. The molecule has 0 saturated heterocycles. The Morgan fingerprint density at radius 3 is 2.62 bits per heavy atom. The first-order valence-corrected chi connectivity index (χ1v) is 7.80. The van der Waals surface area contributed by atoms with Gasteiger partial charge in [-0.25, -0.2) is 4.79 Å². The molecule has 1 rings (SSSR count). The van der Waals surface area contributed by atoms with Crippen LogP contribution in [0, 0.1) is 0 Å². The molecule has 21 heavy (non-hydrogen) atoms. The van der Waals surface area contributed by atoms with Crippen LogP contribution in [0.3, 0.4) is 0 Å². The summed E-state index contributed by atoms with van der Waals surface area (Å²) in [6, 6.07) is 7.73. The summed E-state index contributed by atoms with van der Waals surface area (Å²) in [5.74, 6) is -0.933. The molecular weight excluding hydrogens is 264 g/mol. The van der Waals surface area contributed by atoms with E-state index < -0.39 is 5.97 Å². The zero-order valence-corrected chi connectivity index (χ0v) is 12.9. The minimum absolute atomic E-state index is 0.537. The smallest absolute Gasteiger partial charge is 0.328 e. The van der Waals surface area contributed by atoms with Crippen molar-refractivity contribution in [2.24, 2.45) is 0 Å². The molecule has 0 aromatic heterocycles. The van der Waals surface area contributed by atoms with Crippen molar-refractivity contribution in [2.75, 3.05) is 6.61 Å². The van der Waals surface area contributed by atoms with Crippen LogP contribution < -0.4 is 0 Å². The van der Waals surface area contributed by atoms with E-state index >= 15 is 0 Å². The minimum Gasteiger partial charge on any atom is -0.478 e. The first-order valence-electron chi connectivity index (χ1n) is 7.80. The van der Waals surface area contributed by atoms with Crippen LogP contribution in [0.1, 0.15) is 56.6 Å². The lowest BCUT2D eigenvalue weighted by atomic mass is 10.1. The van der Waals surface area contributed by atoms with Gasteiger partial charge in [0.05, 0.1) is 6.61 Å². The maximum atomic E-state index is 10.6. The van der Waals surface area contributed by atoms with Gasteiger partial charge >= 0.3 is 5.97 Å². The fourth-order valence-electron chi connectivity index (χ4n) is 2.16. The van der Waals surface area contributed by atoms with Gasteiger partial charge in [-0.3, -0.25) is 0 Å². The summed E-state index contributed by atoms with van der Waals surface area (Å²) in [5.41, 5.74) is 1.93. The number of carbonyl (C=O) groups is 1. The number of ether oxygens (including phenoxy) is 1. The second-order valence-electron chi connectivity index (χ2n) is 5.19. The molecule has 1 aromatic rings. The van der Waals surface area contributed by atoms with Gasteiger partial charge < -0.3 is 9.84 Å². The second-order valence-corrected chi connectivity index (χ2v) is 5.19. The highest BCUT2D eigenvalue weighted by Gasteiger charge is 2.00. The largest absolute Gasteiger partial charge is 0.478 e. The average molecular weight is 290 g/mol. The Kier molecular flexibility index (Phi) is 9.21. The van der Waals surface area contributed by atoms with Crippen LogP contribution in [-0.4, -0.2) is 17.7 Å². The normalized spacial score (nSPS) is 11.1. The lowest BCUT2D eigenvalue weighted by molar-refractivity contribution is -0.131. The van der Waals surface area contributed by atoms with E-state index in [-0.39, 0.29) is 0 Å². The number of hydrogen-bond donors (Lipinski definition) is 1. The number of carboxylic acids is 1. The van der Waals surface area contributed by atoms with E-state index in [1.807, 2.05) is 24.3 Å². The molecule has 1 N–H and O–H groups in total. The highest BCUT2D eigenvalue weighted by molar-refractivity contribution is 5.85. The van der Waals surface area contributed by atoms with Crippen LogP contribution in [0.2, 0.25) is 0 Å². The van der Waals surface area contributed by atoms with Crippen molar-refractivity contribution in [1.82, 2.24) is 0 Å². The van der Waals surface area contributed by atoms with Crippen LogP contribution in [-0.2, 0) is 16.1 Å². The van der Waals surface area contributed by atoms with E-state index in [0.717, 1.165) is 30.2 Å². The summed E-state index contributed by atoms with van der Waals surface area (Å²) in [5, 5.41) is 8.68. The van der Waals surface area contributed by atoms with Crippen molar-refractivity contribution in [2.45, 2.75) is 52.1 Å². The molecule has 1 aromatic carbocycles. The Morgan fingerprint density at radius 2 is 1.86 bits per heavy atom. The quantitative estimate of drug-likeness (QED) is 0.476. The zero-order chi connectivity index (χ0) is 15.3. The molecule has 0 spiro atoms. The van der Waals surface area contributed by atoms with Crippen molar-refractivity contribution >= 4 is 12.0 Å². The zero-order valence-electron chi connectivity index (χ0n) is 12.9. The molecule has 0 fully saturated rings. The molecule has 0 radical (unpaired) electrons. The van der Waals surface area contributed by atoms with E-state index in [1.54, 1.807) is 6.08 Å². The van der Waals surface area contributed by atoms with Gasteiger partial charge in [0.1, 0.15) is 0 Å². The Bertz CT molecular complexity index is 438. The van der Waals surface area contributed by atoms with Gasteiger partial charge in [-0.2, -0.15) is 0 Å². The number of aliphatic carboxylic acids is 1. The predicted octanol–water partition coefficient (Wildman–Crippen LogP) is 4.66. The van der Waals surface area contributed by atoms with Crippen molar-refractivity contribution < 1.29 is 14.6 Å². The molecular formula is C18H26O3. The summed E-state index contributed by atoms with van der Waals surface area (Å²) in [6.45, 7) is 3.53. The van der Waals surface area contributed by atoms with Gasteiger partial charge in [-0.05, 0) is 23.6 Å². The van der Waals surface area contributed by atoms with E-state index in [0.29, 0.717) is 6.61 Å². The van der Waals surface area contributed by atoms with Crippen molar-refractivity contribution in [3.05, 3.63) is 41.5 Å². The van der Waals surface area contributed by atoms with Gasteiger partial charge in [-0.1, -0.05) is 63.3 Å². The Labute approximate surface area is 127 Å². The average Bonchev–Trinajstić information content (AvgIpc) is 2.48. The topological polar surface area (TPSA) is 46.5 Å². The van der Waals surface area contributed by atoms with Crippen molar-refractivity contribution in [1.29, 1.82) is 0 Å². The third kappa shape index (κ3) is 8.30. The summed E-state index contributed by atoms with van der Waals surface area (Å²) in [4.78, 5) is 10.6. The third-order valence-corrected chi connectivity index (χ3v) is 3.36. The maximum Gasteiger partial charge on any atom is 0.328 e. The Balaban J connectivity index is 2.27. The molecule has 0 aliphatic heterocycles. The molecule has 0 unspecified atom stereocenters. The minimum atomic E-state index is -0.933. The van der Waals surface area contributed by atoms with E-state index in [2.05, 4.69) is 6.92 Å². The van der Waals surface area contributed by atoms with Crippen LogP contribution in [0.5, 0.6) is 0 Å². The lowest BCUT2D eigenvalue weighted by Gasteiger charge is -2.07. The molecule has 0 heterocycles. The monoisotopic (exact) mass is 290 g/mol. The van der Waals surface area contributed by atoms with Gasteiger partial charge in [0.25, 0.3) is 0 Å². The summed E-state index contributed by atoms with van der Waals surface area (Å²) < 4.78 is 5.69.